The first-order valence-corrected chi connectivity index (χ1v) is 10.6. The van der Waals surface area contributed by atoms with E-state index in [0.717, 1.165) is 35.1 Å². The molecule has 4 N–H and O–H groups in total. The number of fused-ring (bicyclic) bond motifs is 3. The van der Waals surface area contributed by atoms with E-state index >= 15 is 0 Å². The first-order valence-electron chi connectivity index (χ1n) is 10.6. The second-order valence-corrected chi connectivity index (χ2v) is 8.49. The number of ether oxygens (including phenoxy) is 1. The van der Waals surface area contributed by atoms with Crippen molar-refractivity contribution in [2.75, 3.05) is 13.2 Å². The standard InChI is InChI=1S/C24H26N2O6/c1-24(14-10-11-14,22(30)25-12-20(27)21(28)29)26-23(31)32-13-19-17-8-4-2-6-15(17)16-7-3-5-9-18(16)19/h2-9,14,19-20,27H,10-13H2,1H3,(H,25,30)(H,26,31)(H,28,29). The number of hydrogen-bond acceptors (Lipinski definition) is 5. The summed E-state index contributed by atoms with van der Waals surface area (Å²) in [7, 11) is 0. The molecule has 32 heavy (non-hydrogen) atoms. The maximum absolute atomic E-state index is 12.7. The van der Waals surface area contributed by atoms with Crippen molar-refractivity contribution in [1.82, 2.24) is 10.6 Å². The van der Waals surface area contributed by atoms with Gasteiger partial charge < -0.3 is 25.6 Å². The van der Waals surface area contributed by atoms with E-state index in [1.54, 1.807) is 6.92 Å². The van der Waals surface area contributed by atoms with E-state index in [0.29, 0.717) is 0 Å². The zero-order valence-corrected chi connectivity index (χ0v) is 17.7. The highest BCUT2D eigenvalue weighted by Crippen LogP contribution is 2.44. The quantitative estimate of drug-likeness (QED) is 0.501. The Kier molecular flexibility index (Phi) is 5.88. The molecule has 0 radical (unpaired) electrons. The largest absolute Gasteiger partial charge is 0.479 e. The van der Waals surface area contributed by atoms with E-state index in [9.17, 15) is 19.5 Å². The van der Waals surface area contributed by atoms with Crippen LogP contribution in [-0.2, 0) is 14.3 Å². The first-order chi connectivity index (χ1) is 15.3. The lowest BCUT2D eigenvalue weighted by atomic mass is 9.94. The Morgan fingerprint density at radius 2 is 1.62 bits per heavy atom. The number of aliphatic carboxylic acids is 1. The SMILES string of the molecule is CC(NC(=O)OCC1c2ccccc2-c2ccccc21)(C(=O)NCC(O)C(=O)O)C1CC1. The Labute approximate surface area is 185 Å². The summed E-state index contributed by atoms with van der Waals surface area (Å²) in [5.74, 6) is -2.15. The van der Waals surface area contributed by atoms with Crippen LogP contribution in [0.1, 0.15) is 36.8 Å². The van der Waals surface area contributed by atoms with Gasteiger partial charge in [-0.1, -0.05) is 48.5 Å². The molecule has 0 aromatic heterocycles. The van der Waals surface area contributed by atoms with Gasteiger partial charge in [0.2, 0.25) is 5.91 Å². The van der Waals surface area contributed by atoms with Crippen LogP contribution in [0.5, 0.6) is 0 Å². The average molecular weight is 438 g/mol. The average Bonchev–Trinajstić information content (AvgIpc) is 3.59. The van der Waals surface area contributed by atoms with E-state index < -0.39 is 36.2 Å². The molecular formula is C24H26N2O6. The van der Waals surface area contributed by atoms with Gasteiger partial charge in [-0.2, -0.15) is 0 Å². The summed E-state index contributed by atoms with van der Waals surface area (Å²) in [6.45, 7) is 1.28. The molecule has 0 saturated heterocycles. The molecule has 0 aliphatic heterocycles. The maximum Gasteiger partial charge on any atom is 0.408 e. The molecule has 2 aromatic rings. The van der Waals surface area contributed by atoms with Crippen molar-refractivity contribution in [1.29, 1.82) is 0 Å². The number of carboxylic acids is 1. The fraction of sp³-hybridized carbons (Fsp3) is 0.375. The summed E-state index contributed by atoms with van der Waals surface area (Å²) in [6, 6.07) is 16.0. The normalized spacial score (nSPS) is 17.4. The van der Waals surface area contributed by atoms with Crippen molar-refractivity contribution in [2.24, 2.45) is 5.92 Å². The number of benzene rings is 2. The lowest BCUT2D eigenvalue weighted by molar-refractivity contribution is -0.146. The lowest BCUT2D eigenvalue weighted by Crippen LogP contribution is -2.59. The molecule has 2 amide bonds. The molecule has 168 valence electrons. The highest BCUT2D eigenvalue weighted by Gasteiger charge is 2.49. The van der Waals surface area contributed by atoms with Gasteiger partial charge in [-0.15, -0.1) is 0 Å². The minimum absolute atomic E-state index is 0.0787. The van der Waals surface area contributed by atoms with E-state index in [4.69, 9.17) is 9.84 Å². The predicted molar refractivity (Wildman–Crippen MR) is 116 cm³/mol. The van der Waals surface area contributed by atoms with Gasteiger partial charge in [-0.05, 0) is 47.9 Å². The third kappa shape index (κ3) is 4.18. The van der Waals surface area contributed by atoms with Crippen LogP contribution in [0.3, 0.4) is 0 Å². The molecule has 0 spiro atoms. The second-order valence-electron chi connectivity index (χ2n) is 8.49. The van der Waals surface area contributed by atoms with Crippen molar-refractivity contribution in [3.05, 3.63) is 59.7 Å². The van der Waals surface area contributed by atoms with E-state index in [2.05, 4.69) is 10.6 Å². The Morgan fingerprint density at radius 1 is 1.06 bits per heavy atom. The minimum atomic E-state index is -1.71. The molecular weight excluding hydrogens is 412 g/mol. The van der Waals surface area contributed by atoms with Crippen LogP contribution in [0.2, 0.25) is 0 Å². The predicted octanol–water partition coefficient (Wildman–Crippen LogP) is 2.26. The lowest BCUT2D eigenvalue weighted by Gasteiger charge is -2.29. The molecule has 2 atom stereocenters. The van der Waals surface area contributed by atoms with Crippen molar-refractivity contribution in [3.8, 4) is 11.1 Å². The molecule has 8 heteroatoms. The molecule has 1 saturated carbocycles. The number of carbonyl (C=O) groups excluding carboxylic acids is 2. The van der Waals surface area contributed by atoms with Crippen molar-refractivity contribution >= 4 is 18.0 Å². The highest BCUT2D eigenvalue weighted by atomic mass is 16.5. The fourth-order valence-electron chi connectivity index (χ4n) is 4.31. The summed E-state index contributed by atoms with van der Waals surface area (Å²) in [5, 5.41) is 23.3. The molecule has 2 aromatic carbocycles. The first kappa shape index (κ1) is 21.8. The summed E-state index contributed by atoms with van der Waals surface area (Å²) in [4.78, 5) is 36.2. The van der Waals surface area contributed by atoms with Gasteiger partial charge in [0.1, 0.15) is 12.1 Å². The van der Waals surface area contributed by atoms with Crippen LogP contribution >= 0.6 is 0 Å². The smallest absolute Gasteiger partial charge is 0.408 e. The number of rotatable bonds is 8. The van der Waals surface area contributed by atoms with Crippen molar-refractivity contribution in [2.45, 2.75) is 37.3 Å². The Morgan fingerprint density at radius 3 is 2.16 bits per heavy atom. The fourth-order valence-corrected chi connectivity index (χ4v) is 4.31. The number of hydrogen-bond donors (Lipinski definition) is 4. The Bertz CT molecular complexity index is 1000. The third-order valence-electron chi connectivity index (χ3n) is 6.31. The van der Waals surface area contributed by atoms with Crippen molar-refractivity contribution in [3.63, 3.8) is 0 Å². The van der Waals surface area contributed by atoms with Crippen LogP contribution in [0, 0.1) is 5.92 Å². The van der Waals surface area contributed by atoms with Crippen molar-refractivity contribution < 1.29 is 29.3 Å². The highest BCUT2D eigenvalue weighted by molar-refractivity contribution is 5.90. The van der Waals surface area contributed by atoms with Gasteiger partial charge in [0.15, 0.2) is 6.10 Å². The van der Waals surface area contributed by atoms with Crippen LogP contribution in [0.15, 0.2) is 48.5 Å². The van der Waals surface area contributed by atoms with Gasteiger partial charge in [-0.3, -0.25) is 4.79 Å². The minimum Gasteiger partial charge on any atom is -0.479 e. The Hall–Kier alpha value is -3.39. The van der Waals surface area contributed by atoms with Gasteiger partial charge in [0.05, 0.1) is 6.54 Å². The molecule has 2 unspecified atom stereocenters. The summed E-state index contributed by atoms with van der Waals surface area (Å²) in [6.07, 6.45) is -0.906. The summed E-state index contributed by atoms with van der Waals surface area (Å²) >= 11 is 0. The van der Waals surface area contributed by atoms with Gasteiger partial charge >= 0.3 is 12.1 Å². The molecule has 2 aliphatic rings. The van der Waals surface area contributed by atoms with E-state index in [-0.39, 0.29) is 18.4 Å². The molecule has 0 heterocycles. The maximum atomic E-state index is 12.7. The number of nitrogens with one attached hydrogen (secondary N) is 2. The van der Waals surface area contributed by atoms with E-state index in [1.165, 1.54) is 0 Å². The molecule has 1 fully saturated rings. The van der Waals surface area contributed by atoms with Crippen LogP contribution in [-0.4, -0.2) is 53.0 Å². The number of amides is 2. The number of aliphatic hydroxyl groups is 1. The van der Waals surface area contributed by atoms with Gasteiger partial charge in [0.25, 0.3) is 0 Å². The number of aliphatic hydroxyl groups excluding tert-OH is 1. The number of carboxylic acid groups (broad SMARTS) is 1. The zero-order chi connectivity index (χ0) is 22.9. The molecule has 0 bridgehead atoms. The summed E-state index contributed by atoms with van der Waals surface area (Å²) < 4.78 is 5.55. The Balaban J connectivity index is 1.42. The molecule has 2 aliphatic carbocycles. The second kappa shape index (κ2) is 8.63. The number of carbonyl (C=O) groups is 3. The van der Waals surface area contributed by atoms with Crippen LogP contribution in [0.25, 0.3) is 11.1 Å². The van der Waals surface area contributed by atoms with E-state index in [1.807, 2.05) is 48.5 Å². The summed E-state index contributed by atoms with van der Waals surface area (Å²) in [5.41, 5.74) is 3.17. The topological polar surface area (TPSA) is 125 Å². The molecule has 8 nitrogen and oxygen atoms in total. The number of alkyl carbamates (subject to hydrolysis) is 1. The third-order valence-corrected chi connectivity index (χ3v) is 6.31. The van der Waals surface area contributed by atoms with Gasteiger partial charge in [-0.25, -0.2) is 9.59 Å². The molecule has 4 rings (SSSR count). The van der Waals surface area contributed by atoms with Gasteiger partial charge in [0, 0.05) is 5.92 Å². The van der Waals surface area contributed by atoms with Crippen LogP contribution < -0.4 is 10.6 Å². The zero-order valence-electron chi connectivity index (χ0n) is 17.7. The monoisotopic (exact) mass is 438 g/mol. The van der Waals surface area contributed by atoms with Crippen LogP contribution in [0.4, 0.5) is 4.79 Å².